The third-order valence-corrected chi connectivity index (χ3v) is 3.41. The maximum absolute atomic E-state index is 3.53. The summed E-state index contributed by atoms with van der Waals surface area (Å²) in [4.78, 5) is 2.19. The van der Waals surface area contributed by atoms with Crippen molar-refractivity contribution < 1.29 is 0 Å². The van der Waals surface area contributed by atoms with E-state index in [0.717, 1.165) is 19.5 Å². The Labute approximate surface area is 122 Å². The molecule has 0 aliphatic carbocycles. The number of hydrogen-bond donors (Lipinski definition) is 1. The average molecular weight is 268 g/mol. The van der Waals surface area contributed by atoms with E-state index in [-0.39, 0.29) is 0 Å². The van der Waals surface area contributed by atoms with E-state index < -0.39 is 0 Å². The first-order chi connectivity index (χ1) is 9.69. The summed E-state index contributed by atoms with van der Waals surface area (Å²) in [5, 5.41) is 3.53. The Kier molecular flexibility index (Phi) is 5.19. The molecule has 0 radical (unpaired) electrons. The molecule has 0 fully saturated rings. The molecular formula is C18H24N2. The van der Waals surface area contributed by atoms with Gasteiger partial charge in [-0.2, -0.15) is 0 Å². The van der Waals surface area contributed by atoms with Crippen LogP contribution in [0.1, 0.15) is 23.6 Å². The highest BCUT2D eigenvalue weighted by Gasteiger charge is 2.01. The Morgan fingerprint density at radius 1 is 0.950 bits per heavy atom. The average Bonchev–Trinajstić information content (AvgIpc) is 2.45. The van der Waals surface area contributed by atoms with Crippen LogP contribution >= 0.6 is 0 Å². The SMILES string of the molecule is CCc1ccccc1CNc1cccc(CN(C)C)c1. The van der Waals surface area contributed by atoms with Crippen LogP contribution in [-0.2, 0) is 19.5 Å². The fourth-order valence-corrected chi connectivity index (χ4v) is 2.42. The molecule has 0 saturated heterocycles. The molecule has 2 aromatic rings. The maximum Gasteiger partial charge on any atom is 0.0403 e. The lowest BCUT2D eigenvalue weighted by molar-refractivity contribution is 0.402. The predicted octanol–water partition coefficient (Wildman–Crippen LogP) is 3.92. The van der Waals surface area contributed by atoms with Crippen LogP contribution < -0.4 is 5.32 Å². The van der Waals surface area contributed by atoms with Gasteiger partial charge in [-0.15, -0.1) is 0 Å². The van der Waals surface area contributed by atoms with Gasteiger partial charge < -0.3 is 10.2 Å². The Morgan fingerprint density at radius 2 is 1.70 bits per heavy atom. The third-order valence-electron chi connectivity index (χ3n) is 3.41. The van der Waals surface area contributed by atoms with Crippen molar-refractivity contribution >= 4 is 5.69 Å². The summed E-state index contributed by atoms with van der Waals surface area (Å²) in [6.07, 6.45) is 1.08. The second-order valence-electron chi connectivity index (χ2n) is 5.41. The monoisotopic (exact) mass is 268 g/mol. The van der Waals surface area contributed by atoms with Crippen LogP contribution in [0, 0.1) is 0 Å². The number of hydrogen-bond acceptors (Lipinski definition) is 2. The van der Waals surface area contributed by atoms with Gasteiger partial charge in [0.2, 0.25) is 0 Å². The standard InChI is InChI=1S/C18H24N2/c1-4-16-9-5-6-10-17(16)13-19-18-11-7-8-15(12-18)14-20(2)3/h5-12,19H,4,13-14H2,1-3H3. The lowest BCUT2D eigenvalue weighted by Gasteiger charge is -2.13. The molecule has 0 aliphatic rings. The molecule has 0 bridgehead atoms. The van der Waals surface area contributed by atoms with Gasteiger partial charge in [-0.1, -0.05) is 43.3 Å². The van der Waals surface area contributed by atoms with E-state index in [9.17, 15) is 0 Å². The van der Waals surface area contributed by atoms with E-state index in [1.165, 1.54) is 22.4 Å². The summed E-state index contributed by atoms with van der Waals surface area (Å²) in [5.74, 6) is 0. The van der Waals surface area contributed by atoms with Crippen LogP contribution in [0.3, 0.4) is 0 Å². The highest BCUT2D eigenvalue weighted by molar-refractivity contribution is 5.46. The second-order valence-corrected chi connectivity index (χ2v) is 5.41. The van der Waals surface area contributed by atoms with Crippen molar-refractivity contribution in [1.82, 2.24) is 4.90 Å². The van der Waals surface area contributed by atoms with Crippen molar-refractivity contribution in [2.24, 2.45) is 0 Å². The summed E-state index contributed by atoms with van der Waals surface area (Å²) >= 11 is 0. The van der Waals surface area contributed by atoms with Gasteiger partial charge >= 0.3 is 0 Å². The normalized spacial score (nSPS) is 10.8. The molecule has 20 heavy (non-hydrogen) atoms. The maximum atomic E-state index is 3.53. The van der Waals surface area contributed by atoms with Crippen LogP contribution in [0.2, 0.25) is 0 Å². The molecule has 1 N–H and O–H groups in total. The number of nitrogens with one attached hydrogen (secondary N) is 1. The molecule has 0 aliphatic heterocycles. The Hall–Kier alpha value is -1.80. The summed E-state index contributed by atoms with van der Waals surface area (Å²) in [6, 6.07) is 17.3. The van der Waals surface area contributed by atoms with Gasteiger partial charge in [0.05, 0.1) is 0 Å². The van der Waals surface area contributed by atoms with Crippen molar-refractivity contribution in [3.8, 4) is 0 Å². The van der Waals surface area contributed by atoms with E-state index >= 15 is 0 Å². The zero-order valence-corrected chi connectivity index (χ0v) is 12.7. The molecular weight excluding hydrogens is 244 g/mol. The molecule has 106 valence electrons. The highest BCUT2D eigenvalue weighted by Crippen LogP contribution is 2.15. The lowest BCUT2D eigenvalue weighted by atomic mass is 10.1. The highest BCUT2D eigenvalue weighted by atomic mass is 15.0. The van der Waals surface area contributed by atoms with Crippen molar-refractivity contribution in [3.63, 3.8) is 0 Å². The van der Waals surface area contributed by atoms with Crippen molar-refractivity contribution in [2.75, 3.05) is 19.4 Å². The smallest absolute Gasteiger partial charge is 0.0403 e. The van der Waals surface area contributed by atoms with Crippen molar-refractivity contribution in [2.45, 2.75) is 26.4 Å². The van der Waals surface area contributed by atoms with Gasteiger partial charge in [-0.3, -0.25) is 0 Å². The largest absolute Gasteiger partial charge is 0.381 e. The minimum absolute atomic E-state index is 0.884. The zero-order chi connectivity index (χ0) is 14.4. The summed E-state index contributed by atoms with van der Waals surface area (Å²) in [6.45, 7) is 4.06. The Morgan fingerprint density at radius 3 is 2.40 bits per heavy atom. The van der Waals surface area contributed by atoms with E-state index in [1.807, 2.05) is 0 Å². The molecule has 0 saturated carbocycles. The molecule has 0 unspecified atom stereocenters. The molecule has 0 amide bonds. The lowest BCUT2D eigenvalue weighted by Crippen LogP contribution is -2.11. The molecule has 0 spiro atoms. The van der Waals surface area contributed by atoms with E-state index in [0.29, 0.717) is 0 Å². The minimum Gasteiger partial charge on any atom is -0.381 e. The first kappa shape index (κ1) is 14.6. The number of nitrogens with zero attached hydrogens (tertiary/aromatic N) is 1. The molecule has 0 atom stereocenters. The first-order valence-electron chi connectivity index (χ1n) is 7.23. The molecule has 2 heteroatoms. The second kappa shape index (κ2) is 7.11. The molecule has 2 aromatic carbocycles. The van der Waals surface area contributed by atoms with Gasteiger partial charge in [0, 0.05) is 18.8 Å². The topological polar surface area (TPSA) is 15.3 Å². The number of anilines is 1. The van der Waals surface area contributed by atoms with E-state index in [2.05, 4.69) is 79.8 Å². The quantitative estimate of drug-likeness (QED) is 0.854. The van der Waals surface area contributed by atoms with Crippen molar-refractivity contribution in [3.05, 3.63) is 65.2 Å². The number of benzene rings is 2. The van der Waals surface area contributed by atoms with Gasteiger partial charge in [0.25, 0.3) is 0 Å². The van der Waals surface area contributed by atoms with Gasteiger partial charge in [0.15, 0.2) is 0 Å². The Bertz CT molecular complexity index is 547. The summed E-state index contributed by atoms with van der Waals surface area (Å²) < 4.78 is 0. The third kappa shape index (κ3) is 4.10. The van der Waals surface area contributed by atoms with Gasteiger partial charge in [0.1, 0.15) is 0 Å². The first-order valence-corrected chi connectivity index (χ1v) is 7.23. The molecule has 0 aromatic heterocycles. The van der Waals surface area contributed by atoms with Gasteiger partial charge in [-0.05, 0) is 49.3 Å². The fraction of sp³-hybridized carbons (Fsp3) is 0.333. The molecule has 2 rings (SSSR count). The van der Waals surface area contributed by atoms with E-state index in [1.54, 1.807) is 0 Å². The zero-order valence-electron chi connectivity index (χ0n) is 12.7. The summed E-state index contributed by atoms with van der Waals surface area (Å²) in [7, 11) is 4.19. The van der Waals surface area contributed by atoms with Crippen LogP contribution in [0.5, 0.6) is 0 Å². The summed E-state index contributed by atoms with van der Waals surface area (Å²) in [5.41, 5.74) is 5.33. The van der Waals surface area contributed by atoms with E-state index in [4.69, 9.17) is 0 Å². The molecule has 2 nitrogen and oxygen atoms in total. The predicted molar refractivity (Wildman–Crippen MR) is 87.0 cm³/mol. The van der Waals surface area contributed by atoms with Crippen molar-refractivity contribution in [1.29, 1.82) is 0 Å². The number of rotatable bonds is 6. The van der Waals surface area contributed by atoms with Crippen LogP contribution in [0.25, 0.3) is 0 Å². The van der Waals surface area contributed by atoms with Crippen LogP contribution in [-0.4, -0.2) is 19.0 Å². The number of aryl methyl sites for hydroxylation is 1. The minimum atomic E-state index is 0.884. The molecule has 0 heterocycles. The van der Waals surface area contributed by atoms with Crippen LogP contribution in [0.4, 0.5) is 5.69 Å². The Balaban J connectivity index is 2.03. The van der Waals surface area contributed by atoms with Crippen LogP contribution in [0.15, 0.2) is 48.5 Å². The van der Waals surface area contributed by atoms with Gasteiger partial charge in [-0.25, -0.2) is 0 Å². The fourth-order valence-electron chi connectivity index (χ4n) is 2.42.